The third-order valence-electron chi connectivity index (χ3n) is 1.96. The van der Waals surface area contributed by atoms with Crippen molar-refractivity contribution in [2.45, 2.75) is 0 Å². The van der Waals surface area contributed by atoms with E-state index in [4.69, 9.17) is 11.1 Å². The van der Waals surface area contributed by atoms with Crippen molar-refractivity contribution in [2.24, 2.45) is 10.2 Å². The summed E-state index contributed by atoms with van der Waals surface area (Å²) >= 11 is 0. The molecule has 0 N–H and O–H groups in total. The third kappa shape index (κ3) is 2.13. The molecule has 14 heteroatoms. The largest absolute Gasteiger partial charge is 0.337 e. The lowest BCUT2D eigenvalue weighted by Crippen LogP contribution is -2.29. The normalized spacial score (nSPS) is 14.6. The summed E-state index contributed by atoms with van der Waals surface area (Å²) < 4.78 is 0. The van der Waals surface area contributed by atoms with Crippen LogP contribution in [0.25, 0.3) is 20.9 Å². The molecule has 0 aromatic carbocycles. The maximum absolute atomic E-state index is 11.7. The van der Waals surface area contributed by atoms with Crippen molar-refractivity contribution in [3.63, 3.8) is 0 Å². The van der Waals surface area contributed by atoms with Gasteiger partial charge in [-0.05, 0) is 21.3 Å². The molecule has 0 heterocycles. The predicted molar refractivity (Wildman–Crippen MR) is 56.3 cm³/mol. The van der Waals surface area contributed by atoms with Gasteiger partial charge >= 0.3 is 17.2 Å². The Labute approximate surface area is 106 Å². The van der Waals surface area contributed by atoms with Crippen molar-refractivity contribution in [2.75, 3.05) is 0 Å². The fourth-order valence-corrected chi connectivity index (χ4v) is 1.27. The molecule has 0 aromatic rings. The number of nitro groups is 2. The monoisotopic (exact) mass is 280 g/mol. The van der Waals surface area contributed by atoms with Gasteiger partial charge in [0.05, 0.1) is 9.85 Å². The Balaban J connectivity index is 3.80. The van der Waals surface area contributed by atoms with Crippen LogP contribution in [0.5, 0.6) is 0 Å². The zero-order chi connectivity index (χ0) is 15.4. The second kappa shape index (κ2) is 5.26. The molecule has 20 heavy (non-hydrogen) atoms. The van der Waals surface area contributed by atoms with E-state index in [0.29, 0.717) is 0 Å². The van der Waals surface area contributed by atoms with E-state index in [9.17, 15) is 29.8 Å². The molecule has 0 unspecified atom stereocenters. The van der Waals surface area contributed by atoms with Crippen LogP contribution in [-0.2, 0) is 9.59 Å². The van der Waals surface area contributed by atoms with Crippen LogP contribution in [0.2, 0.25) is 0 Å². The zero-order valence-corrected chi connectivity index (χ0v) is 9.03. The Morgan fingerprint density at radius 3 is 1.45 bits per heavy atom. The number of rotatable bonds is 4. The Morgan fingerprint density at radius 2 is 1.20 bits per heavy atom. The summed E-state index contributed by atoms with van der Waals surface area (Å²) in [4.78, 5) is 46.0. The molecular formula is C6N8O6. The van der Waals surface area contributed by atoms with Gasteiger partial charge in [0.15, 0.2) is 11.4 Å². The average molecular weight is 280 g/mol. The lowest BCUT2D eigenvalue weighted by molar-refractivity contribution is -0.435. The summed E-state index contributed by atoms with van der Waals surface area (Å²) in [5, 5.41) is 26.6. The van der Waals surface area contributed by atoms with Crippen LogP contribution in [0.15, 0.2) is 33.0 Å². The molecule has 0 atom stereocenters. The topological polar surface area (TPSA) is 218 Å². The number of Topliss-reactive ketones (excluding diaryl/α,β-unsaturated/α-hetero) is 2. The molecule has 0 saturated heterocycles. The van der Waals surface area contributed by atoms with Crippen molar-refractivity contribution in [1.29, 1.82) is 0 Å². The summed E-state index contributed by atoms with van der Waals surface area (Å²) in [6.07, 6.45) is 0. The SMILES string of the molecule is [N-]=[N+]=NC1=C([N+](=O)[O-])C(=O)C([N+](=O)[O-])=C(N=[N+]=[N-])C1=O. The Bertz CT molecular complexity index is 628. The van der Waals surface area contributed by atoms with Crippen molar-refractivity contribution in [3.05, 3.63) is 63.9 Å². The Morgan fingerprint density at radius 1 is 0.850 bits per heavy atom. The van der Waals surface area contributed by atoms with Crippen LogP contribution in [0.4, 0.5) is 0 Å². The summed E-state index contributed by atoms with van der Waals surface area (Å²) in [7, 11) is 0. The molecule has 0 aliphatic heterocycles. The highest BCUT2D eigenvalue weighted by Gasteiger charge is 2.47. The van der Waals surface area contributed by atoms with Crippen LogP contribution < -0.4 is 0 Å². The van der Waals surface area contributed by atoms with Gasteiger partial charge in [0.1, 0.15) is 0 Å². The highest BCUT2D eigenvalue weighted by atomic mass is 16.6. The van der Waals surface area contributed by atoms with Crippen molar-refractivity contribution in [3.8, 4) is 0 Å². The maximum atomic E-state index is 11.7. The van der Waals surface area contributed by atoms with Gasteiger partial charge < -0.3 is 0 Å². The van der Waals surface area contributed by atoms with Crippen LogP contribution in [-0.4, -0.2) is 21.4 Å². The number of hydrogen-bond donors (Lipinski definition) is 0. The zero-order valence-electron chi connectivity index (χ0n) is 9.03. The number of hydrogen-bond acceptors (Lipinski definition) is 8. The molecule has 0 fully saturated rings. The molecule has 1 rings (SSSR count). The van der Waals surface area contributed by atoms with E-state index in [-0.39, 0.29) is 0 Å². The Kier molecular flexibility index (Phi) is 3.76. The number of carbonyl (C=O) groups excluding carboxylic acids is 2. The minimum Gasteiger partial charge on any atom is -0.288 e. The molecule has 0 bridgehead atoms. The van der Waals surface area contributed by atoms with E-state index >= 15 is 0 Å². The molecule has 1 aliphatic rings. The van der Waals surface area contributed by atoms with E-state index < -0.39 is 44.2 Å². The quantitative estimate of drug-likeness (QED) is 0.180. The molecule has 0 saturated carbocycles. The van der Waals surface area contributed by atoms with Crippen molar-refractivity contribution < 1.29 is 19.4 Å². The molecule has 0 amide bonds. The van der Waals surface area contributed by atoms with Gasteiger partial charge in [-0.25, -0.2) is 0 Å². The molecule has 0 spiro atoms. The van der Waals surface area contributed by atoms with E-state index in [2.05, 4.69) is 20.1 Å². The van der Waals surface area contributed by atoms with Crippen molar-refractivity contribution >= 4 is 11.6 Å². The highest BCUT2D eigenvalue weighted by molar-refractivity contribution is 6.22. The van der Waals surface area contributed by atoms with Gasteiger partial charge in [-0.15, -0.1) is 0 Å². The lowest BCUT2D eigenvalue weighted by Gasteiger charge is -2.08. The first-order valence-electron chi connectivity index (χ1n) is 4.33. The van der Waals surface area contributed by atoms with Crippen LogP contribution in [0.3, 0.4) is 0 Å². The molecule has 0 radical (unpaired) electrons. The number of carbonyl (C=O) groups is 2. The van der Waals surface area contributed by atoms with Crippen molar-refractivity contribution in [1.82, 2.24) is 0 Å². The Hall–Kier alpha value is -3.76. The minimum absolute atomic E-state index is 1.28. The third-order valence-corrected chi connectivity index (χ3v) is 1.96. The van der Waals surface area contributed by atoms with Gasteiger partial charge in [-0.1, -0.05) is 0 Å². The molecule has 0 aromatic heterocycles. The first-order chi connectivity index (χ1) is 9.36. The average Bonchev–Trinajstić information content (AvgIpc) is 2.34. The number of azide groups is 2. The van der Waals surface area contributed by atoms with E-state index in [1.807, 2.05) is 0 Å². The van der Waals surface area contributed by atoms with Crippen LogP contribution in [0.1, 0.15) is 0 Å². The highest BCUT2D eigenvalue weighted by Crippen LogP contribution is 2.27. The van der Waals surface area contributed by atoms with E-state index in [1.165, 1.54) is 0 Å². The fourth-order valence-electron chi connectivity index (χ4n) is 1.27. The lowest BCUT2D eigenvalue weighted by atomic mass is 10.0. The summed E-state index contributed by atoms with van der Waals surface area (Å²) in [6, 6.07) is 0. The first-order valence-corrected chi connectivity index (χ1v) is 4.33. The molecule has 14 nitrogen and oxygen atoms in total. The van der Waals surface area contributed by atoms with Gasteiger partial charge in [-0.3, -0.25) is 29.8 Å². The van der Waals surface area contributed by atoms with Gasteiger partial charge in [0.25, 0.3) is 0 Å². The fraction of sp³-hybridized carbons (Fsp3) is 0. The molecule has 100 valence electrons. The number of ketones is 2. The minimum atomic E-state index is -1.80. The van der Waals surface area contributed by atoms with Gasteiger partial charge in [0.2, 0.25) is 5.78 Å². The second-order valence-electron chi connectivity index (χ2n) is 2.95. The summed E-state index contributed by atoms with van der Waals surface area (Å²) in [5.41, 5.74) is 10.7. The smallest absolute Gasteiger partial charge is 0.288 e. The maximum Gasteiger partial charge on any atom is 0.337 e. The van der Waals surface area contributed by atoms with Crippen LogP contribution in [0, 0.1) is 20.2 Å². The summed E-state index contributed by atoms with van der Waals surface area (Å²) in [6.45, 7) is 0. The predicted octanol–water partition coefficient (Wildman–Crippen LogP) is 0.735. The first kappa shape index (κ1) is 14.3. The van der Waals surface area contributed by atoms with Gasteiger partial charge in [-0.2, -0.15) is 0 Å². The standard InChI is InChI=1S/C6N8O6/c7-11-9-1-3(13(17)18)6(16)4(14(19)20)2(5(1)15)10-12-8. The van der Waals surface area contributed by atoms with E-state index in [1.54, 1.807) is 0 Å². The number of nitrogens with zero attached hydrogens (tertiary/aromatic N) is 8. The summed E-state index contributed by atoms with van der Waals surface area (Å²) in [5.74, 6) is -3.39. The van der Waals surface area contributed by atoms with Gasteiger partial charge in [0, 0.05) is 9.82 Å². The van der Waals surface area contributed by atoms with E-state index in [0.717, 1.165) is 0 Å². The molecular weight excluding hydrogens is 280 g/mol. The van der Waals surface area contributed by atoms with Crippen LogP contribution >= 0.6 is 0 Å². The molecule has 1 aliphatic carbocycles. The second-order valence-corrected chi connectivity index (χ2v) is 2.95.